The topological polar surface area (TPSA) is 72.2 Å². The quantitative estimate of drug-likeness (QED) is 0.882. The molecule has 0 aromatic carbocycles. The third kappa shape index (κ3) is 3.70. The molecule has 2 atom stereocenters. The molecule has 28 heavy (non-hydrogen) atoms. The predicted molar refractivity (Wildman–Crippen MR) is 109 cm³/mol. The largest absolute Gasteiger partial charge is 0.323 e. The number of carbonyl (C=O) groups excluding carboxylic acids is 1. The second-order valence-electron chi connectivity index (χ2n) is 8.61. The van der Waals surface area contributed by atoms with Crippen LogP contribution >= 0.6 is 0 Å². The zero-order valence-electron chi connectivity index (χ0n) is 16.9. The number of pyridine rings is 1. The summed E-state index contributed by atoms with van der Waals surface area (Å²) in [7, 11) is 0. The van der Waals surface area contributed by atoms with Crippen LogP contribution in [-0.2, 0) is 13.1 Å². The lowest BCUT2D eigenvalue weighted by Crippen LogP contribution is -2.50. The number of aromatic nitrogens is 3. The van der Waals surface area contributed by atoms with Gasteiger partial charge in [0.25, 0.3) is 5.56 Å². The Morgan fingerprint density at radius 1 is 1.29 bits per heavy atom. The Balaban J connectivity index is 1.48. The van der Waals surface area contributed by atoms with Gasteiger partial charge in [0.05, 0.1) is 5.69 Å². The number of amides is 2. The highest BCUT2D eigenvalue weighted by Gasteiger charge is 2.36. The molecule has 0 spiro atoms. The molecule has 0 radical (unpaired) electrons. The van der Waals surface area contributed by atoms with Crippen LogP contribution in [0.4, 0.5) is 10.6 Å². The van der Waals surface area contributed by atoms with E-state index in [1.807, 2.05) is 39.3 Å². The standard InChI is InChI=1S/C21H29N5O2/c1-14(2)7-8-26-19(9-15(3)23-26)22-21(28)24-11-16-10-17(13-24)18-5-4-6-20(27)25(18)12-16/h4-6,9,14,16-17H,7-8,10-13H2,1-3H3,(H,22,28)/t16-,17+/m1/s1. The number of nitrogens with one attached hydrogen (secondary N) is 1. The molecule has 0 aliphatic carbocycles. The molecule has 1 N–H and O–H groups in total. The van der Waals surface area contributed by atoms with Crippen molar-refractivity contribution in [1.82, 2.24) is 19.2 Å². The molecule has 2 aliphatic rings. The van der Waals surface area contributed by atoms with Crippen molar-refractivity contribution in [3.63, 3.8) is 0 Å². The van der Waals surface area contributed by atoms with Crippen LogP contribution in [0.3, 0.4) is 0 Å². The monoisotopic (exact) mass is 383 g/mol. The van der Waals surface area contributed by atoms with E-state index in [-0.39, 0.29) is 17.5 Å². The van der Waals surface area contributed by atoms with Crippen molar-refractivity contribution in [3.05, 3.63) is 46.0 Å². The number of carbonyl (C=O) groups is 1. The van der Waals surface area contributed by atoms with Gasteiger partial charge in [0.1, 0.15) is 5.82 Å². The number of nitrogens with zero attached hydrogens (tertiary/aromatic N) is 4. The van der Waals surface area contributed by atoms with Crippen LogP contribution < -0.4 is 10.9 Å². The van der Waals surface area contributed by atoms with Crippen molar-refractivity contribution in [2.45, 2.75) is 52.6 Å². The SMILES string of the molecule is Cc1cc(NC(=O)N2C[C@H]3C[C@@H](C2)c2cccc(=O)n2C3)n(CCC(C)C)n1. The first-order valence-corrected chi connectivity index (χ1v) is 10.2. The van der Waals surface area contributed by atoms with Gasteiger partial charge in [0.2, 0.25) is 0 Å². The van der Waals surface area contributed by atoms with E-state index in [1.165, 1.54) is 0 Å². The van der Waals surface area contributed by atoms with Gasteiger partial charge >= 0.3 is 6.03 Å². The van der Waals surface area contributed by atoms with Crippen LogP contribution in [0.2, 0.25) is 0 Å². The normalized spacial score (nSPS) is 20.9. The second-order valence-corrected chi connectivity index (χ2v) is 8.61. The summed E-state index contributed by atoms with van der Waals surface area (Å²) in [5.74, 6) is 1.89. The van der Waals surface area contributed by atoms with Crippen LogP contribution in [0.5, 0.6) is 0 Å². The number of anilines is 1. The van der Waals surface area contributed by atoms with E-state index in [9.17, 15) is 9.59 Å². The van der Waals surface area contributed by atoms with Gasteiger partial charge in [0.15, 0.2) is 0 Å². The van der Waals surface area contributed by atoms with Crippen LogP contribution in [0, 0.1) is 18.8 Å². The Bertz CT molecular complexity index is 929. The van der Waals surface area contributed by atoms with Gasteiger partial charge in [0, 0.05) is 49.9 Å². The summed E-state index contributed by atoms with van der Waals surface area (Å²) in [4.78, 5) is 27.0. The van der Waals surface area contributed by atoms with E-state index in [4.69, 9.17) is 0 Å². The first kappa shape index (κ1) is 18.8. The average molecular weight is 383 g/mol. The lowest BCUT2D eigenvalue weighted by Gasteiger charge is -2.42. The molecule has 7 heteroatoms. The van der Waals surface area contributed by atoms with E-state index < -0.39 is 0 Å². The maximum atomic E-state index is 13.0. The summed E-state index contributed by atoms with van der Waals surface area (Å²) in [6.07, 6.45) is 2.06. The van der Waals surface area contributed by atoms with Crippen LogP contribution in [0.1, 0.15) is 44.0 Å². The number of rotatable bonds is 4. The molecule has 150 valence electrons. The third-order valence-corrected chi connectivity index (χ3v) is 5.82. The van der Waals surface area contributed by atoms with Crippen molar-refractivity contribution >= 4 is 11.8 Å². The lowest BCUT2D eigenvalue weighted by molar-refractivity contribution is 0.139. The van der Waals surface area contributed by atoms with Gasteiger partial charge in [-0.05, 0) is 37.7 Å². The Morgan fingerprint density at radius 3 is 2.89 bits per heavy atom. The summed E-state index contributed by atoms with van der Waals surface area (Å²) >= 11 is 0. The number of hydrogen-bond donors (Lipinski definition) is 1. The van der Waals surface area contributed by atoms with Crippen molar-refractivity contribution in [2.75, 3.05) is 18.4 Å². The minimum Gasteiger partial charge on any atom is -0.323 e. The highest BCUT2D eigenvalue weighted by atomic mass is 16.2. The maximum Gasteiger partial charge on any atom is 0.323 e. The molecule has 7 nitrogen and oxygen atoms in total. The molecule has 1 saturated heterocycles. The lowest BCUT2D eigenvalue weighted by atomic mass is 9.83. The van der Waals surface area contributed by atoms with Gasteiger partial charge in [-0.1, -0.05) is 19.9 Å². The van der Waals surface area contributed by atoms with E-state index in [2.05, 4.69) is 24.3 Å². The average Bonchev–Trinajstić information content (AvgIpc) is 3.00. The van der Waals surface area contributed by atoms with Gasteiger partial charge in [-0.3, -0.25) is 10.1 Å². The molecule has 4 rings (SSSR count). The molecule has 2 amide bonds. The molecule has 0 saturated carbocycles. The van der Waals surface area contributed by atoms with Gasteiger partial charge in [-0.2, -0.15) is 5.10 Å². The molecule has 2 aliphatic heterocycles. The van der Waals surface area contributed by atoms with Gasteiger partial charge in [-0.15, -0.1) is 0 Å². The highest BCUT2D eigenvalue weighted by Crippen LogP contribution is 2.35. The van der Waals surface area contributed by atoms with Crippen LogP contribution in [0.15, 0.2) is 29.1 Å². The van der Waals surface area contributed by atoms with E-state index in [1.54, 1.807) is 6.07 Å². The minimum atomic E-state index is -0.0767. The van der Waals surface area contributed by atoms with Crippen molar-refractivity contribution in [3.8, 4) is 0 Å². The summed E-state index contributed by atoms with van der Waals surface area (Å²) in [5, 5.41) is 7.59. The third-order valence-electron chi connectivity index (χ3n) is 5.82. The van der Waals surface area contributed by atoms with Crippen molar-refractivity contribution in [2.24, 2.45) is 11.8 Å². The number of aryl methyl sites for hydroxylation is 2. The minimum absolute atomic E-state index is 0.0645. The Kier molecular flexibility index (Phi) is 5.00. The van der Waals surface area contributed by atoms with Crippen molar-refractivity contribution < 1.29 is 4.79 Å². The Morgan fingerprint density at radius 2 is 2.11 bits per heavy atom. The van der Waals surface area contributed by atoms with E-state index >= 15 is 0 Å². The highest BCUT2D eigenvalue weighted by molar-refractivity contribution is 5.88. The molecular weight excluding hydrogens is 354 g/mol. The summed E-state index contributed by atoms with van der Waals surface area (Å²) in [5.41, 5.74) is 2.02. The number of urea groups is 1. The summed E-state index contributed by atoms with van der Waals surface area (Å²) in [6.45, 7) is 9.13. The van der Waals surface area contributed by atoms with Gasteiger partial charge in [-0.25, -0.2) is 9.48 Å². The summed E-state index contributed by atoms with van der Waals surface area (Å²) < 4.78 is 3.78. The fourth-order valence-electron chi connectivity index (χ4n) is 4.45. The molecular formula is C21H29N5O2. The number of fused-ring (bicyclic) bond motifs is 4. The number of likely N-dealkylation sites (tertiary alicyclic amines) is 1. The fraction of sp³-hybridized carbons (Fsp3) is 0.571. The zero-order valence-corrected chi connectivity index (χ0v) is 16.9. The van der Waals surface area contributed by atoms with Gasteiger partial charge < -0.3 is 9.47 Å². The molecule has 4 heterocycles. The maximum absolute atomic E-state index is 13.0. The van der Waals surface area contributed by atoms with E-state index in [0.717, 1.165) is 36.6 Å². The molecule has 2 aromatic heterocycles. The Labute approximate surface area is 165 Å². The van der Waals surface area contributed by atoms with Crippen LogP contribution in [0.25, 0.3) is 0 Å². The number of hydrogen-bond acceptors (Lipinski definition) is 3. The van der Waals surface area contributed by atoms with Crippen LogP contribution in [-0.4, -0.2) is 38.4 Å². The fourth-order valence-corrected chi connectivity index (χ4v) is 4.45. The number of piperidine rings is 1. The molecule has 2 aromatic rings. The van der Waals surface area contributed by atoms with Crippen molar-refractivity contribution in [1.29, 1.82) is 0 Å². The molecule has 1 fully saturated rings. The Hall–Kier alpha value is -2.57. The molecule has 0 unspecified atom stereocenters. The first-order chi connectivity index (χ1) is 13.4. The van der Waals surface area contributed by atoms with E-state index in [0.29, 0.717) is 31.5 Å². The second kappa shape index (κ2) is 7.45. The first-order valence-electron chi connectivity index (χ1n) is 10.2. The zero-order chi connectivity index (χ0) is 19.8. The smallest absolute Gasteiger partial charge is 0.323 e. The molecule has 2 bridgehead atoms. The summed E-state index contributed by atoms with van der Waals surface area (Å²) in [6, 6.07) is 7.32. The predicted octanol–water partition coefficient (Wildman–Crippen LogP) is 3.05.